The van der Waals surface area contributed by atoms with Crippen LogP contribution in [-0.4, -0.2) is 27.1 Å². The van der Waals surface area contributed by atoms with Crippen LogP contribution in [0.3, 0.4) is 0 Å². The van der Waals surface area contributed by atoms with Gasteiger partial charge in [0, 0.05) is 0 Å². The number of hydrogen-bond acceptors (Lipinski definition) is 3. The van der Waals surface area contributed by atoms with E-state index < -0.39 is 15.9 Å². The quantitative estimate of drug-likeness (QED) is 0.678. The van der Waals surface area contributed by atoms with Gasteiger partial charge in [-0.3, -0.25) is 9.10 Å². The summed E-state index contributed by atoms with van der Waals surface area (Å²) < 4.78 is 25.5. The molecule has 0 saturated carbocycles. The lowest BCUT2D eigenvalue weighted by Gasteiger charge is -2.25. The summed E-state index contributed by atoms with van der Waals surface area (Å²) in [5, 5.41) is 3.23. The maximum atomic E-state index is 12.7. The van der Waals surface area contributed by atoms with Crippen molar-refractivity contribution in [3.8, 4) is 0 Å². The second kappa shape index (κ2) is 9.16. The molecule has 0 spiro atoms. The molecule has 2 aromatic rings. The van der Waals surface area contributed by atoms with Gasteiger partial charge >= 0.3 is 0 Å². The smallest absolute Gasteiger partial charge is 0.241 e. The number of hydrogen-bond donors (Lipinski definition) is 1. The minimum atomic E-state index is -3.74. The summed E-state index contributed by atoms with van der Waals surface area (Å²) >= 11 is 12.2. The Morgan fingerprint density at radius 2 is 1.86 bits per heavy atom. The Labute approximate surface area is 176 Å². The van der Waals surface area contributed by atoms with Crippen LogP contribution in [0.25, 0.3) is 0 Å². The van der Waals surface area contributed by atoms with Crippen molar-refractivity contribution in [2.45, 2.75) is 33.2 Å². The average molecular weight is 443 g/mol. The molecular formula is C20H24Cl2N2O3S. The normalized spacial score (nSPS) is 12.5. The monoisotopic (exact) mass is 442 g/mol. The number of anilines is 1. The number of nitrogens with zero attached hydrogens (tertiary/aromatic N) is 1. The van der Waals surface area contributed by atoms with Crippen LogP contribution in [0.4, 0.5) is 5.69 Å². The molecule has 0 saturated heterocycles. The van der Waals surface area contributed by atoms with Crippen molar-refractivity contribution < 1.29 is 13.2 Å². The zero-order chi connectivity index (χ0) is 21.1. The third kappa shape index (κ3) is 5.40. The highest BCUT2D eigenvalue weighted by Crippen LogP contribution is 2.33. The van der Waals surface area contributed by atoms with Crippen LogP contribution in [-0.2, 0) is 14.8 Å². The number of benzene rings is 2. The van der Waals surface area contributed by atoms with Crippen LogP contribution in [0.1, 0.15) is 36.1 Å². The lowest BCUT2D eigenvalue weighted by molar-refractivity contribution is -0.120. The van der Waals surface area contributed by atoms with Crippen molar-refractivity contribution in [2.24, 2.45) is 0 Å². The number of carbonyl (C=O) groups is 1. The van der Waals surface area contributed by atoms with E-state index in [0.717, 1.165) is 27.3 Å². The van der Waals surface area contributed by atoms with Crippen LogP contribution in [0.15, 0.2) is 36.4 Å². The molecule has 8 heteroatoms. The van der Waals surface area contributed by atoms with Gasteiger partial charge < -0.3 is 5.32 Å². The fraction of sp³-hybridized carbons (Fsp3) is 0.350. The summed E-state index contributed by atoms with van der Waals surface area (Å²) in [6, 6.07) is 10.5. The van der Waals surface area contributed by atoms with Gasteiger partial charge in [0.1, 0.15) is 6.54 Å². The number of aryl methyl sites for hydroxylation is 2. The molecule has 152 valence electrons. The maximum Gasteiger partial charge on any atom is 0.241 e. The Morgan fingerprint density at radius 1 is 1.18 bits per heavy atom. The summed E-state index contributed by atoms with van der Waals surface area (Å²) in [7, 11) is -3.74. The third-order valence-corrected chi connectivity index (χ3v) is 6.37. The number of amides is 1. The Morgan fingerprint density at radius 3 is 2.43 bits per heavy atom. The van der Waals surface area contributed by atoms with Crippen molar-refractivity contribution in [2.75, 3.05) is 17.1 Å². The van der Waals surface area contributed by atoms with Crippen molar-refractivity contribution in [1.82, 2.24) is 5.32 Å². The van der Waals surface area contributed by atoms with Crippen molar-refractivity contribution in [3.05, 3.63) is 63.1 Å². The molecule has 0 aliphatic heterocycles. The first-order chi connectivity index (χ1) is 13.0. The van der Waals surface area contributed by atoms with Gasteiger partial charge in [-0.25, -0.2) is 8.42 Å². The molecule has 2 rings (SSSR count). The number of sulfonamides is 1. The molecule has 0 heterocycles. The first kappa shape index (κ1) is 22.5. The summed E-state index contributed by atoms with van der Waals surface area (Å²) in [6.07, 6.45) is 1.70. The summed E-state index contributed by atoms with van der Waals surface area (Å²) in [4.78, 5) is 12.7. The van der Waals surface area contributed by atoms with Gasteiger partial charge in [0.2, 0.25) is 15.9 Å². The van der Waals surface area contributed by atoms with E-state index in [0.29, 0.717) is 6.42 Å². The molecule has 0 aliphatic rings. The second-order valence-corrected chi connectivity index (χ2v) is 9.42. The lowest BCUT2D eigenvalue weighted by Crippen LogP contribution is -2.41. The fourth-order valence-corrected chi connectivity index (χ4v) is 4.36. The van der Waals surface area contributed by atoms with Gasteiger partial charge in [0.05, 0.1) is 28.0 Å². The zero-order valence-corrected chi connectivity index (χ0v) is 18.6. The molecular weight excluding hydrogens is 419 g/mol. The number of rotatable bonds is 7. The fourth-order valence-electron chi connectivity index (χ4n) is 3.05. The minimum Gasteiger partial charge on any atom is -0.348 e. The Hall–Kier alpha value is -1.76. The van der Waals surface area contributed by atoms with E-state index in [1.54, 1.807) is 12.1 Å². The Balaban J connectivity index is 2.27. The van der Waals surface area contributed by atoms with Crippen LogP contribution in [0.2, 0.25) is 10.0 Å². The Kier molecular flexibility index (Phi) is 7.37. The van der Waals surface area contributed by atoms with Crippen LogP contribution >= 0.6 is 23.2 Å². The molecule has 0 unspecified atom stereocenters. The topological polar surface area (TPSA) is 66.5 Å². The van der Waals surface area contributed by atoms with Gasteiger partial charge in [0.25, 0.3) is 0 Å². The molecule has 1 amide bonds. The van der Waals surface area contributed by atoms with Crippen molar-refractivity contribution in [3.63, 3.8) is 0 Å². The molecule has 5 nitrogen and oxygen atoms in total. The molecule has 28 heavy (non-hydrogen) atoms. The average Bonchev–Trinajstić information content (AvgIpc) is 2.60. The van der Waals surface area contributed by atoms with Gasteiger partial charge in [-0.1, -0.05) is 60.0 Å². The van der Waals surface area contributed by atoms with E-state index in [-0.39, 0.29) is 28.3 Å². The van der Waals surface area contributed by atoms with Crippen molar-refractivity contribution in [1.29, 1.82) is 0 Å². The van der Waals surface area contributed by atoms with Crippen LogP contribution in [0, 0.1) is 13.8 Å². The number of nitrogens with one attached hydrogen (secondary N) is 1. The standard InChI is InChI=1S/C20H24Cl2N2O3S/c1-5-17(15-10-9-13(2)11-14(15)3)23-19(25)12-24(28(4,26)27)18-8-6-7-16(21)20(18)22/h6-11,17H,5,12H2,1-4H3,(H,23,25)/t17-/m1/s1. The van der Waals surface area contributed by atoms with Gasteiger partial charge in [-0.2, -0.15) is 0 Å². The van der Waals surface area contributed by atoms with Gasteiger partial charge in [-0.15, -0.1) is 0 Å². The predicted molar refractivity (Wildman–Crippen MR) is 116 cm³/mol. The summed E-state index contributed by atoms with van der Waals surface area (Å²) in [6.45, 7) is 5.58. The molecule has 2 aromatic carbocycles. The molecule has 0 fully saturated rings. The number of halogens is 2. The van der Waals surface area contributed by atoms with Gasteiger partial charge in [-0.05, 0) is 43.5 Å². The SMILES string of the molecule is CC[C@@H](NC(=O)CN(c1cccc(Cl)c1Cl)S(C)(=O)=O)c1ccc(C)cc1C. The summed E-state index contributed by atoms with van der Waals surface area (Å²) in [5.41, 5.74) is 3.39. The van der Waals surface area contributed by atoms with Gasteiger partial charge in [0.15, 0.2) is 0 Å². The van der Waals surface area contributed by atoms with E-state index in [1.165, 1.54) is 6.07 Å². The van der Waals surface area contributed by atoms with E-state index in [1.807, 2.05) is 32.9 Å². The highest BCUT2D eigenvalue weighted by atomic mass is 35.5. The number of carbonyl (C=O) groups excluding carboxylic acids is 1. The maximum absolute atomic E-state index is 12.7. The summed E-state index contributed by atoms with van der Waals surface area (Å²) in [5.74, 6) is -0.423. The Bertz CT molecular complexity index is 977. The first-order valence-electron chi connectivity index (χ1n) is 8.82. The molecule has 0 aliphatic carbocycles. The predicted octanol–water partition coefficient (Wildman–Crippen LogP) is 4.64. The second-order valence-electron chi connectivity index (χ2n) is 6.73. The van der Waals surface area contributed by atoms with E-state index in [9.17, 15) is 13.2 Å². The molecule has 0 aromatic heterocycles. The van der Waals surface area contributed by atoms with E-state index >= 15 is 0 Å². The van der Waals surface area contributed by atoms with E-state index in [2.05, 4.69) is 11.4 Å². The molecule has 1 atom stereocenters. The van der Waals surface area contributed by atoms with Crippen LogP contribution < -0.4 is 9.62 Å². The molecule has 0 radical (unpaired) electrons. The van der Waals surface area contributed by atoms with Crippen LogP contribution in [0.5, 0.6) is 0 Å². The third-order valence-electron chi connectivity index (χ3n) is 4.43. The highest BCUT2D eigenvalue weighted by Gasteiger charge is 2.25. The minimum absolute atomic E-state index is 0.0869. The van der Waals surface area contributed by atoms with Crippen molar-refractivity contribution >= 4 is 44.8 Å². The van der Waals surface area contributed by atoms with E-state index in [4.69, 9.17) is 23.2 Å². The highest BCUT2D eigenvalue weighted by molar-refractivity contribution is 7.92. The first-order valence-corrected chi connectivity index (χ1v) is 11.4. The lowest BCUT2D eigenvalue weighted by atomic mass is 9.97. The molecule has 0 bridgehead atoms. The largest absolute Gasteiger partial charge is 0.348 e. The zero-order valence-electron chi connectivity index (χ0n) is 16.3. The molecule has 1 N–H and O–H groups in total.